The van der Waals surface area contributed by atoms with Crippen molar-refractivity contribution in [1.82, 2.24) is 0 Å². The van der Waals surface area contributed by atoms with Crippen molar-refractivity contribution in [2.24, 2.45) is 0 Å². The molecule has 0 spiro atoms. The average Bonchev–Trinajstić information content (AvgIpc) is 2.62. The Morgan fingerprint density at radius 1 is 1.19 bits per heavy atom. The molecule has 2 aromatic rings. The van der Waals surface area contributed by atoms with Gasteiger partial charge in [-0.1, -0.05) is 29.3 Å². The van der Waals surface area contributed by atoms with Gasteiger partial charge in [0, 0.05) is 11.1 Å². The highest BCUT2D eigenvalue weighted by atomic mass is 35.5. The number of hydrogen-bond donors (Lipinski definition) is 1. The van der Waals surface area contributed by atoms with Gasteiger partial charge in [0.25, 0.3) is 5.91 Å². The highest BCUT2D eigenvalue weighted by Crippen LogP contribution is 2.25. The van der Waals surface area contributed by atoms with E-state index in [-0.39, 0.29) is 10.8 Å². The van der Waals surface area contributed by atoms with Gasteiger partial charge in [0.1, 0.15) is 0 Å². The predicted octanol–water partition coefficient (Wildman–Crippen LogP) is 4.72. The van der Waals surface area contributed by atoms with E-state index in [1.807, 2.05) is 0 Å². The van der Waals surface area contributed by atoms with Crippen LogP contribution in [0, 0.1) is 5.82 Å². The Bertz CT molecular complexity index is 886. The number of amides is 1. The number of carbonyl (C=O) groups is 2. The highest BCUT2D eigenvalue weighted by Gasteiger charge is 2.17. The number of esters is 1. The summed E-state index contributed by atoms with van der Waals surface area (Å²) in [6, 6.07) is 8.80. The van der Waals surface area contributed by atoms with Crippen molar-refractivity contribution in [1.29, 1.82) is 0 Å². The molecule has 1 amide bonds. The van der Waals surface area contributed by atoms with Gasteiger partial charge in [-0.2, -0.15) is 0 Å². The van der Waals surface area contributed by atoms with Gasteiger partial charge in [0.05, 0.1) is 17.8 Å². The van der Waals surface area contributed by atoms with Crippen LogP contribution in [0.5, 0.6) is 5.75 Å². The van der Waals surface area contributed by atoms with E-state index < -0.39 is 23.8 Å². The quantitative estimate of drug-likeness (QED) is 0.551. The first kappa shape index (κ1) is 20.7. The second-order valence-electron chi connectivity index (χ2n) is 5.42. The zero-order chi connectivity index (χ0) is 20.0. The molecule has 0 aromatic heterocycles. The number of halogens is 3. The summed E-state index contributed by atoms with van der Waals surface area (Å²) in [4.78, 5) is 24.0. The third-order valence-electron chi connectivity index (χ3n) is 3.44. The molecule has 0 aliphatic rings. The van der Waals surface area contributed by atoms with Crippen LogP contribution in [0.3, 0.4) is 0 Å². The van der Waals surface area contributed by atoms with Gasteiger partial charge in [0.15, 0.2) is 17.7 Å². The Morgan fingerprint density at radius 2 is 1.93 bits per heavy atom. The summed E-state index contributed by atoms with van der Waals surface area (Å²) < 4.78 is 23.4. The minimum absolute atomic E-state index is 0.0980. The summed E-state index contributed by atoms with van der Waals surface area (Å²) in [5.41, 5.74) is 0.786. The molecule has 0 saturated carbocycles. The van der Waals surface area contributed by atoms with Crippen LogP contribution < -0.4 is 10.1 Å². The first-order chi connectivity index (χ1) is 12.8. The zero-order valence-corrected chi connectivity index (χ0v) is 16.0. The van der Waals surface area contributed by atoms with Gasteiger partial charge < -0.3 is 14.8 Å². The fourth-order valence-corrected chi connectivity index (χ4v) is 2.50. The lowest BCUT2D eigenvalue weighted by molar-refractivity contribution is -0.148. The van der Waals surface area contributed by atoms with E-state index in [2.05, 4.69) is 5.32 Å². The molecule has 0 aliphatic carbocycles. The van der Waals surface area contributed by atoms with Crippen molar-refractivity contribution in [3.05, 3.63) is 63.9 Å². The lowest BCUT2D eigenvalue weighted by Gasteiger charge is -2.13. The fraction of sp³-hybridized carbons (Fsp3) is 0.158. The Hall–Kier alpha value is -2.57. The monoisotopic (exact) mass is 411 g/mol. The Balaban J connectivity index is 1.94. The highest BCUT2D eigenvalue weighted by molar-refractivity contribution is 6.36. The largest absolute Gasteiger partial charge is 0.494 e. The van der Waals surface area contributed by atoms with Crippen molar-refractivity contribution < 1.29 is 23.5 Å². The maximum Gasteiger partial charge on any atom is 0.331 e. The number of rotatable bonds is 6. The number of nitrogens with one attached hydrogen (secondary N) is 1. The molecular weight excluding hydrogens is 396 g/mol. The lowest BCUT2D eigenvalue weighted by atomic mass is 10.2. The number of benzene rings is 2. The standard InChI is InChI=1S/C19H16Cl2FNO4/c1-11(19(25)23-16-6-5-13(20)10-14(16)21)27-18(24)8-4-12-3-7-17(26-2)15(22)9-12/h3-11H,1-2H3,(H,23,25)/b8-4+/t11-/m1/s1. The summed E-state index contributed by atoms with van der Waals surface area (Å²) in [5.74, 6) is -1.77. The second kappa shape index (κ2) is 9.39. The Labute approximate surface area is 165 Å². The molecule has 142 valence electrons. The number of ether oxygens (including phenoxy) is 2. The summed E-state index contributed by atoms with van der Waals surface area (Å²) >= 11 is 11.8. The normalized spacial score (nSPS) is 11.9. The number of hydrogen-bond acceptors (Lipinski definition) is 4. The van der Waals surface area contributed by atoms with Crippen LogP contribution in [0.1, 0.15) is 12.5 Å². The molecule has 2 aromatic carbocycles. The topological polar surface area (TPSA) is 64.6 Å². The van der Waals surface area contributed by atoms with E-state index in [1.54, 1.807) is 12.1 Å². The van der Waals surface area contributed by atoms with Gasteiger partial charge in [-0.15, -0.1) is 0 Å². The molecule has 0 unspecified atom stereocenters. The number of carbonyl (C=O) groups excluding carboxylic acids is 2. The molecule has 0 fully saturated rings. The number of anilines is 1. The van der Waals surface area contributed by atoms with E-state index in [9.17, 15) is 14.0 Å². The summed E-state index contributed by atoms with van der Waals surface area (Å²) in [6.45, 7) is 1.41. The molecule has 0 bridgehead atoms. The molecule has 5 nitrogen and oxygen atoms in total. The van der Waals surface area contributed by atoms with Crippen molar-refractivity contribution in [2.75, 3.05) is 12.4 Å². The molecule has 0 radical (unpaired) electrons. The molecule has 1 N–H and O–H groups in total. The maximum atomic E-state index is 13.6. The third-order valence-corrected chi connectivity index (χ3v) is 3.99. The van der Waals surface area contributed by atoms with Crippen LogP contribution in [0.15, 0.2) is 42.5 Å². The van der Waals surface area contributed by atoms with Crippen LogP contribution in [-0.2, 0) is 14.3 Å². The van der Waals surface area contributed by atoms with Crippen LogP contribution in [0.2, 0.25) is 10.0 Å². The van der Waals surface area contributed by atoms with Gasteiger partial charge in [-0.3, -0.25) is 4.79 Å². The van der Waals surface area contributed by atoms with E-state index in [0.717, 1.165) is 6.08 Å². The molecule has 27 heavy (non-hydrogen) atoms. The van der Waals surface area contributed by atoms with Crippen LogP contribution in [0.25, 0.3) is 6.08 Å². The first-order valence-corrected chi connectivity index (χ1v) is 8.54. The van der Waals surface area contributed by atoms with Crippen LogP contribution in [0.4, 0.5) is 10.1 Å². The molecule has 2 rings (SSSR count). The second-order valence-corrected chi connectivity index (χ2v) is 6.26. The van der Waals surface area contributed by atoms with Crippen molar-refractivity contribution in [2.45, 2.75) is 13.0 Å². The van der Waals surface area contributed by atoms with Crippen molar-refractivity contribution in [3.63, 3.8) is 0 Å². The Kier molecular flexibility index (Phi) is 7.21. The van der Waals surface area contributed by atoms with Crippen LogP contribution in [-0.4, -0.2) is 25.1 Å². The summed E-state index contributed by atoms with van der Waals surface area (Å²) in [5, 5.41) is 3.23. The molecule has 0 heterocycles. The van der Waals surface area contributed by atoms with Crippen molar-refractivity contribution >= 4 is 46.8 Å². The van der Waals surface area contributed by atoms with Gasteiger partial charge in [-0.25, -0.2) is 9.18 Å². The maximum absolute atomic E-state index is 13.6. The zero-order valence-electron chi connectivity index (χ0n) is 14.5. The third kappa shape index (κ3) is 5.98. The summed E-state index contributed by atoms with van der Waals surface area (Å²) in [7, 11) is 1.36. The Morgan fingerprint density at radius 3 is 2.56 bits per heavy atom. The molecule has 0 saturated heterocycles. The van der Waals surface area contributed by atoms with Crippen molar-refractivity contribution in [3.8, 4) is 5.75 Å². The lowest BCUT2D eigenvalue weighted by Crippen LogP contribution is -2.29. The van der Waals surface area contributed by atoms with E-state index >= 15 is 0 Å². The first-order valence-electron chi connectivity index (χ1n) is 7.78. The minimum Gasteiger partial charge on any atom is -0.494 e. The SMILES string of the molecule is COc1ccc(/C=C/C(=O)O[C@H](C)C(=O)Nc2ccc(Cl)cc2Cl)cc1F. The van der Waals surface area contributed by atoms with Gasteiger partial charge in [-0.05, 0) is 48.9 Å². The van der Waals surface area contributed by atoms with Gasteiger partial charge >= 0.3 is 5.97 Å². The molecule has 0 aliphatic heterocycles. The smallest absolute Gasteiger partial charge is 0.331 e. The van der Waals surface area contributed by atoms with E-state index in [1.165, 1.54) is 44.4 Å². The minimum atomic E-state index is -1.07. The van der Waals surface area contributed by atoms with E-state index in [4.69, 9.17) is 32.7 Å². The fourth-order valence-electron chi connectivity index (χ4n) is 2.04. The average molecular weight is 412 g/mol. The summed E-state index contributed by atoms with van der Waals surface area (Å²) in [6.07, 6.45) is 1.40. The van der Waals surface area contributed by atoms with E-state index in [0.29, 0.717) is 16.3 Å². The van der Waals surface area contributed by atoms with Gasteiger partial charge in [0.2, 0.25) is 0 Å². The number of methoxy groups -OCH3 is 1. The molecule has 8 heteroatoms. The molecule has 1 atom stereocenters. The molecular formula is C19H16Cl2FNO4. The predicted molar refractivity (Wildman–Crippen MR) is 103 cm³/mol. The van der Waals surface area contributed by atoms with Crippen LogP contribution >= 0.6 is 23.2 Å².